The number of nitrogens with zero attached hydrogens (tertiary/aromatic N) is 3. The lowest BCUT2D eigenvalue weighted by atomic mass is 9.68. The molecule has 31 heavy (non-hydrogen) atoms. The predicted octanol–water partition coefficient (Wildman–Crippen LogP) is 5.19. The molecule has 0 radical (unpaired) electrons. The zero-order chi connectivity index (χ0) is 21.3. The molecule has 2 aromatic heterocycles. The highest BCUT2D eigenvalue weighted by atomic mass is 16.5. The van der Waals surface area contributed by atoms with Crippen LogP contribution in [0.3, 0.4) is 0 Å². The van der Waals surface area contributed by atoms with Gasteiger partial charge in [-0.1, -0.05) is 18.9 Å². The number of rotatable bonds is 5. The highest BCUT2D eigenvalue weighted by Gasteiger charge is 2.48. The summed E-state index contributed by atoms with van der Waals surface area (Å²) in [6.07, 6.45) is 12.4. The fraction of sp³-hybridized carbons (Fsp3) is 0.615. The Morgan fingerprint density at radius 1 is 1.19 bits per heavy atom. The van der Waals surface area contributed by atoms with Gasteiger partial charge in [0.1, 0.15) is 11.8 Å². The molecule has 5 rings (SSSR count). The molecule has 2 aliphatic heterocycles. The molecule has 0 amide bonds. The highest BCUT2D eigenvalue weighted by Crippen LogP contribution is 2.49. The van der Waals surface area contributed by atoms with Crippen LogP contribution in [-0.2, 0) is 10.2 Å². The summed E-state index contributed by atoms with van der Waals surface area (Å²) in [7, 11) is 0. The summed E-state index contributed by atoms with van der Waals surface area (Å²) in [6.45, 7) is 4.02. The minimum atomic E-state index is 0.0619. The summed E-state index contributed by atoms with van der Waals surface area (Å²) in [5.74, 6) is 0. The van der Waals surface area contributed by atoms with Crippen molar-refractivity contribution in [1.82, 2.24) is 14.9 Å². The van der Waals surface area contributed by atoms with Gasteiger partial charge in [0.2, 0.25) is 0 Å². The molecule has 1 saturated heterocycles. The van der Waals surface area contributed by atoms with Crippen molar-refractivity contribution in [1.29, 1.82) is 5.26 Å². The molecule has 1 N–H and O–H groups in total. The van der Waals surface area contributed by atoms with Crippen LogP contribution in [0.5, 0.6) is 0 Å². The Morgan fingerprint density at radius 2 is 2.06 bits per heavy atom. The average molecular weight is 419 g/mol. The smallest absolute Gasteiger partial charge is 0.120 e. The van der Waals surface area contributed by atoms with Gasteiger partial charge >= 0.3 is 0 Å². The third-order valence-electron chi connectivity index (χ3n) is 8.10. The summed E-state index contributed by atoms with van der Waals surface area (Å²) in [4.78, 5) is 4.83. The van der Waals surface area contributed by atoms with Crippen molar-refractivity contribution < 1.29 is 4.74 Å². The van der Waals surface area contributed by atoms with Crippen molar-refractivity contribution in [2.75, 3.05) is 13.2 Å². The zero-order valence-corrected chi connectivity index (χ0v) is 18.6. The van der Waals surface area contributed by atoms with Crippen LogP contribution in [0.1, 0.15) is 93.9 Å². The number of aromatic nitrogens is 2. The number of fused-ring (bicyclic) bond motifs is 1. The van der Waals surface area contributed by atoms with E-state index in [4.69, 9.17) is 9.72 Å². The Hall–Kier alpha value is -2.16. The summed E-state index contributed by atoms with van der Waals surface area (Å²) < 4.78 is 8.62. The van der Waals surface area contributed by atoms with Crippen LogP contribution in [0.25, 0.3) is 0 Å². The Labute approximate surface area is 185 Å². The molecule has 2 aromatic rings. The van der Waals surface area contributed by atoms with Crippen LogP contribution < -0.4 is 5.32 Å². The molecule has 3 atom stereocenters. The minimum absolute atomic E-state index is 0.0619. The van der Waals surface area contributed by atoms with Gasteiger partial charge in [-0.05, 0) is 82.7 Å². The molecule has 4 heterocycles. The maximum absolute atomic E-state index is 9.48. The largest absolute Gasteiger partial charge is 0.375 e. The van der Waals surface area contributed by atoms with Gasteiger partial charge in [0.25, 0.3) is 0 Å². The standard InChI is InChI=1S/C26H34N4O/c1-20-7-9-22(23-10-8-21(18-27)30(20)23)28-16-13-25(24-6-2-5-15-29-24)14-17-31-26(19-25)11-3-4-12-26/h2,5-6,8,10,15,20,22,28H,3-4,7,9,11-14,16-17,19H2,1H3/t20?,22?,25-/m1/s1. The number of ether oxygens (including phenoxy) is 1. The molecule has 5 nitrogen and oxygen atoms in total. The first-order valence-corrected chi connectivity index (χ1v) is 12.0. The number of hydrogen-bond donors (Lipinski definition) is 1. The number of pyridine rings is 1. The third-order valence-corrected chi connectivity index (χ3v) is 8.10. The Bertz CT molecular complexity index is 940. The van der Waals surface area contributed by atoms with Crippen LogP contribution >= 0.6 is 0 Å². The van der Waals surface area contributed by atoms with Gasteiger partial charge in [-0.3, -0.25) is 4.98 Å². The van der Waals surface area contributed by atoms with Crippen LogP contribution in [0, 0.1) is 11.3 Å². The van der Waals surface area contributed by atoms with Crippen molar-refractivity contribution in [2.24, 2.45) is 0 Å². The van der Waals surface area contributed by atoms with Crippen molar-refractivity contribution in [2.45, 2.75) is 87.8 Å². The van der Waals surface area contributed by atoms with E-state index in [1.54, 1.807) is 0 Å². The van der Waals surface area contributed by atoms with Crippen LogP contribution in [0.15, 0.2) is 36.5 Å². The molecule has 5 heteroatoms. The van der Waals surface area contributed by atoms with E-state index in [0.717, 1.165) is 50.9 Å². The van der Waals surface area contributed by atoms with E-state index in [1.165, 1.54) is 37.1 Å². The second-order valence-corrected chi connectivity index (χ2v) is 9.97. The fourth-order valence-corrected chi connectivity index (χ4v) is 6.50. The van der Waals surface area contributed by atoms with Crippen LogP contribution in [0.4, 0.5) is 0 Å². The van der Waals surface area contributed by atoms with Crippen molar-refractivity contribution in [3.8, 4) is 6.07 Å². The number of nitriles is 1. The first kappa shape index (κ1) is 20.7. The van der Waals surface area contributed by atoms with E-state index >= 15 is 0 Å². The monoisotopic (exact) mass is 418 g/mol. The normalized spacial score (nSPS) is 29.5. The summed E-state index contributed by atoms with van der Waals surface area (Å²) in [5.41, 5.74) is 3.43. The summed E-state index contributed by atoms with van der Waals surface area (Å²) in [6, 6.07) is 13.6. The summed E-state index contributed by atoms with van der Waals surface area (Å²) >= 11 is 0. The van der Waals surface area contributed by atoms with Crippen LogP contribution in [-0.4, -0.2) is 28.3 Å². The summed E-state index contributed by atoms with van der Waals surface area (Å²) in [5, 5.41) is 13.3. The van der Waals surface area contributed by atoms with Gasteiger partial charge in [0.15, 0.2) is 0 Å². The van der Waals surface area contributed by atoms with Crippen LogP contribution in [0.2, 0.25) is 0 Å². The Kier molecular flexibility index (Phi) is 5.62. The first-order chi connectivity index (χ1) is 15.1. The maximum Gasteiger partial charge on any atom is 0.120 e. The lowest BCUT2D eigenvalue weighted by molar-refractivity contribution is -0.104. The highest BCUT2D eigenvalue weighted by molar-refractivity contribution is 5.31. The van der Waals surface area contributed by atoms with Gasteiger partial charge in [-0.25, -0.2) is 0 Å². The SMILES string of the molecule is CC1CCC(NCC[C@@]2(c3ccccn3)CCOC3(CCCC3)C2)c2ccc(C#N)n21. The minimum Gasteiger partial charge on any atom is -0.375 e. The van der Waals surface area contributed by atoms with Gasteiger partial charge in [-0.15, -0.1) is 0 Å². The molecule has 0 aromatic carbocycles. The van der Waals surface area contributed by atoms with E-state index in [2.05, 4.69) is 41.1 Å². The lowest BCUT2D eigenvalue weighted by Gasteiger charge is -2.46. The molecule has 2 unspecified atom stereocenters. The zero-order valence-electron chi connectivity index (χ0n) is 18.6. The van der Waals surface area contributed by atoms with Gasteiger partial charge < -0.3 is 14.6 Å². The molecule has 1 spiro atoms. The van der Waals surface area contributed by atoms with Crippen molar-refractivity contribution in [3.05, 3.63) is 53.6 Å². The average Bonchev–Trinajstić information content (AvgIpc) is 3.44. The second kappa shape index (κ2) is 8.41. The topological polar surface area (TPSA) is 62.9 Å². The van der Waals surface area contributed by atoms with E-state index < -0.39 is 0 Å². The van der Waals surface area contributed by atoms with Crippen molar-refractivity contribution >= 4 is 0 Å². The van der Waals surface area contributed by atoms with E-state index in [1.807, 2.05) is 18.3 Å². The third kappa shape index (κ3) is 3.81. The molecule has 1 saturated carbocycles. The van der Waals surface area contributed by atoms with Gasteiger partial charge in [0, 0.05) is 41.7 Å². The molecule has 1 aliphatic carbocycles. The van der Waals surface area contributed by atoms with E-state index in [0.29, 0.717) is 12.1 Å². The predicted molar refractivity (Wildman–Crippen MR) is 121 cm³/mol. The second-order valence-electron chi connectivity index (χ2n) is 9.97. The Balaban J connectivity index is 1.34. The molecule has 3 aliphatic rings. The quantitative estimate of drug-likeness (QED) is 0.726. The van der Waals surface area contributed by atoms with Crippen molar-refractivity contribution in [3.63, 3.8) is 0 Å². The molecule has 0 bridgehead atoms. The Morgan fingerprint density at radius 3 is 2.84 bits per heavy atom. The molecular formula is C26H34N4O. The molecule has 2 fully saturated rings. The fourth-order valence-electron chi connectivity index (χ4n) is 6.50. The van der Waals surface area contributed by atoms with E-state index in [9.17, 15) is 5.26 Å². The van der Waals surface area contributed by atoms with E-state index in [-0.39, 0.29) is 11.0 Å². The van der Waals surface area contributed by atoms with Gasteiger partial charge in [-0.2, -0.15) is 5.26 Å². The first-order valence-electron chi connectivity index (χ1n) is 12.0. The number of hydrogen-bond acceptors (Lipinski definition) is 4. The lowest BCUT2D eigenvalue weighted by Crippen LogP contribution is -2.47. The maximum atomic E-state index is 9.48. The van der Waals surface area contributed by atoms with Gasteiger partial charge in [0.05, 0.1) is 5.60 Å². The molecular weight excluding hydrogens is 384 g/mol. The molecule has 164 valence electrons. The number of nitrogens with one attached hydrogen (secondary N) is 1.